The lowest BCUT2D eigenvalue weighted by atomic mass is 10.2. The number of hydrogen-bond acceptors (Lipinski definition) is 6. The van der Waals surface area contributed by atoms with E-state index in [0.29, 0.717) is 17.4 Å². The number of alkyl halides is 3. The fourth-order valence-electron chi connectivity index (χ4n) is 2.47. The number of halogens is 3. The predicted octanol–water partition coefficient (Wildman–Crippen LogP) is 2.60. The van der Waals surface area contributed by atoms with Crippen molar-refractivity contribution in [1.29, 1.82) is 0 Å². The minimum atomic E-state index is -4.40. The summed E-state index contributed by atoms with van der Waals surface area (Å²) in [5, 5.41) is 14.4. The van der Waals surface area contributed by atoms with Crippen LogP contribution in [0.2, 0.25) is 0 Å². The number of carbonyl (C=O) groups is 1. The van der Waals surface area contributed by atoms with Gasteiger partial charge in [0.25, 0.3) is 0 Å². The van der Waals surface area contributed by atoms with Crippen LogP contribution in [0.3, 0.4) is 0 Å². The number of aromatic nitrogens is 4. The Kier molecular flexibility index (Phi) is 5.77. The second-order valence-electron chi connectivity index (χ2n) is 5.69. The zero-order valence-electron chi connectivity index (χ0n) is 13.6. The molecule has 0 radical (unpaired) electrons. The van der Waals surface area contributed by atoms with Crippen molar-refractivity contribution in [3.63, 3.8) is 0 Å². The van der Waals surface area contributed by atoms with Crippen molar-refractivity contribution in [3.8, 4) is 0 Å². The highest BCUT2D eigenvalue weighted by molar-refractivity contribution is 7.99. The van der Waals surface area contributed by atoms with Crippen molar-refractivity contribution in [3.05, 3.63) is 29.8 Å². The molecule has 26 heavy (non-hydrogen) atoms. The van der Waals surface area contributed by atoms with E-state index >= 15 is 0 Å². The zero-order valence-corrected chi connectivity index (χ0v) is 14.4. The number of hydrogen-bond donors (Lipinski definition) is 1. The largest absolute Gasteiger partial charge is 0.416 e. The highest BCUT2D eigenvalue weighted by Crippen LogP contribution is 2.29. The Labute approximate surface area is 151 Å². The number of rotatable bonds is 6. The molecular formula is C15H16F3N5O2S. The van der Waals surface area contributed by atoms with Gasteiger partial charge in [0.15, 0.2) is 0 Å². The summed E-state index contributed by atoms with van der Waals surface area (Å²) in [6.07, 6.45) is -2.39. The summed E-state index contributed by atoms with van der Waals surface area (Å²) in [7, 11) is 0. The lowest BCUT2D eigenvalue weighted by Crippen LogP contribution is -2.18. The molecule has 0 spiro atoms. The Hall–Kier alpha value is -2.14. The number of nitrogens with zero attached hydrogens (tertiary/aromatic N) is 4. The number of nitrogens with one attached hydrogen (secondary N) is 1. The summed E-state index contributed by atoms with van der Waals surface area (Å²) in [5.41, 5.74) is -0.472. The average Bonchev–Trinajstić information content (AvgIpc) is 3.25. The molecule has 1 fully saturated rings. The van der Waals surface area contributed by atoms with Gasteiger partial charge in [0.1, 0.15) is 0 Å². The smallest absolute Gasteiger partial charge is 0.376 e. The lowest BCUT2D eigenvalue weighted by molar-refractivity contribution is -0.137. The van der Waals surface area contributed by atoms with Crippen LogP contribution in [-0.4, -0.2) is 44.6 Å². The highest BCUT2D eigenvalue weighted by Gasteiger charge is 2.30. The van der Waals surface area contributed by atoms with Crippen molar-refractivity contribution in [2.75, 3.05) is 17.7 Å². The Morgan fingerprint density at radius 3 is 2.77 bits per heavy atom. The second-order valence-corrected chi connectivity index (χ2v) is 6.63. The topological polar surface area (TPSA) is 81.9 Å². The fraction of sp³-hybridized carbons (Fsp3) is 0.467. The SMILES string of the molecule is O=C(CSc1nnnn1CC1CCCO1)Nc1ccc(C(F)(F)F)cc1. The van der Waals surface area contributed by atoms with Crippen molar-refractivity contribution in [2.45, 2.75) is 36.8 Å². The number of amides is 1. The number of ether oxygens (including phenoxy) is 1. The van der Waals surface area contributed by atoms with Gasteiger partial charge in [0.05, 0.1) is 24.0 Å². The van der Waals surface area contributed by atoms with Gasteiger partial charge in [-0.25, -0.2) is 4.68 Å². The minimum absolute atomic E-state index is 0.0346. The van der Waals surface area contributed by atoms with E-state index in [1.165, 1.54) is 12.1 Å². The third-order valence-corrected chi connectivity index (χ3v) is 4.69. The van der Waals surface area contributed by atoms with Gasteiger partial charge in [0, 0.05) is 12.3 Å². The molecule has 1 N–H and O–H groups in total. The van der Waals surface area contributed by atoms with Gasteiger partial charge in [-0.05, 0) is 47.5 Å². The molecule has 1 aliphatic heterocycles. The minimum Gasteiger partial charge on any atom is -0.376 e. The van der Waals surface area contributed by atoms with Crippen LogP contribution in [0.15, 0.2) is 29.4 Å². The van der Waals surface area contributed by atoms with Crippen LogP contribution in [0.4, 0.5) is 18.9 Å². The summed E-state index contributed by atoms with van der Waals surface area (Å²) in [6.45, 7) is 1.25. The molecule has 0 aliphatic carbocycles. The number of anilines is 1. The van der Waals surface area contributed by atoms with E-state index in [1.54, 1.807) is 4.68 Å². The average molecular weight is 387 g/mol. The third kappa shape index (κ3) is 4.94. The summed E-state index contributed by atoms with van der Waals surface area (Å²) >= 11 is 1.15. The Morgan fingerprint density at radius 2 is 2.12 bits per heavy atom. The van der Waals surface area contributed by atoms with Gasteiger partial charge in [0.2, 0.25) is 11.1 Å². The molecule has 7 nitrogen and oxygen atoms in total. The highest BCUT2D eigenvalue weighted by atomic mass is 32.2. The van der Waals surface area contributed by atoms with E-state index in [2.05, 4.69) is 20.8 Å². The summed E-state index contributed by atoms with van der Waals surface area (Å²) in [6, 6.07) is 4.27. The molecule has 1 unspecified atom stereocenters. The van der Waals surface area contributed by atoms with Gasteiger partial charge >= 0.3 is 6.18 Å². The molecule has 1 amide bonds. The standard InChI is InChI=1S/C15H16F3N5O2S/c16-15(17,18)10-3-5-11(6-4-10)19-13(24)9-26-14-20-21-22-23(14)8-12-2-1-7-25-12/h3-6,12H,1-2,7-9H2,(H,19,24). The number of tetrazole rings is 1. The monoisotopic (exact) mass is 387 g/mol. The van der Waals surface area contributed by atoms with Crippen LogP contribution in [0.5, 0.6) is 0 Å². The van der Waals surface area contributed by atoms with Gasteiger partial charge in [-0.2, -0.15) is 13.2 Å². The van der Waals surface area contributed by atoms with Crippen LogP contribution in [0.25, 0.3) is 0 Å². The Morgan fingerprint density at radius 1 is 1.35 bits per heavy atom. The Bertz CT molecular complexity index is 744. The van der Waals surface area contributed by atoms with Crippen molar-refractivity contribution in [2.24, 2.45) is 0 Å². The van der Waals surface area contributed by atoms with E-state index in [9.17, 15) is 18.0 Å². The maximum Gasteiger partial charge on any atom is 0.416 e. The van der Waals surface area contributed by atoms with E-state index in [-0.39, 0.29) is 17.8 Å². The molecule has 140 valence electrons. The molecule has 11 heteroatoms. The quantitative estimate of drug-likeness (QED) is 0.768. The van der Waals surface area contributed by atoms with Crippen LogP contribution in [0.1, 0.15) is 18.4 Å². The van der Waals surface area contributed by atoms with Gasteiger partial charge < -0.3 is 10.1 Å². The third-order valence-electron chi connectivity index (χ3n) is 3.73. The molecule has 3 rings (SSSR count). The molecular weight excluding hydrogens is 371 g/mol. The molecule has 1 saturated heterocycles. The first-order chi connectivity index (χ1) is 12.4. The number of benzene rings is 1. The number of carbonyl (C=O) groups excluding carboxylic acids is 1. The molecule has 1 aromatic carbocycles. The van der Waals surface area contributed by atoms with Crippen molar-refractivity contribution >= 4 is 23.4 Å². The normalized spacial score (nSPS) is 17.4. The van der Waals surface area contributed by atoms with Crippen molar-refractivity contribution < 1.29 is 22.7 Å². The lowest BCUT2D eigenvalue weighted by Gasteiger charge is -2.10. The van der Waals surface area contributed by atoms with E-state index in [4.69, 9.17) is 4.74 Å². The fourth-order valence-corrected chi connectivity index (χ4v) is 3.15. The first-order valence-electron chi connectivity index (χ1n) is 7.89. The summed E-state index contributed by atoms with van der Waals surface area (Å²) in [5.74, 6) is -0.325. The summed E-state index contributed by atoms with van der Waals surface area (Å²) in [4.78, 5) is 12.0. The molecule has 2 aromatic rings. The molecule has 1 aromatic heterocycles. The molecule has 1 atom stereocenters. The van der Waals surface area contributed by atoms with Gasteiger partial charge in [-0.15, -0.1) is 5.10 Å². The first kappa shape index (κ1) is 18.6. The molecule has 0 saturated carbocycles. The van der Waals surface area contributed by atoms with Crippen LogP contribution in [0, 0.1) is 0 Å². The molecule has 1 aliphatic rings. The predicted molar refractivity (Wildman–Crippen MR) is 87.6 cm³/mol. The van der Waals surface area contributed by atoms with E-state index in [0.717, 1.165) is 43.3 Å². The maximum absolute atomic E-state index is 12.5. The molecule has 2 heterocycles. The van der Waals surface area contributed by atoms with E-state index < -0.39 is 11.7 Å². The molecule has 0 bridgehead atoms. The number of thioether (sulfide) groups is 1. The van der Waals surface area contributed by atoms with Crippen LogP contribution >= 0.6 is 11.8 Å². The van der Waals surface area contributed by atoms with Crippen LogP contribution < -0.4 is 5.32 Å². The van der Waals surface area contributed by atoms with Crippen molar-refractivity contribution in [1.82, 2.24) is 20.2 Å². The van der Waals surface area contributed by atoms with Gasteiger partial charge in [-0.1, -0.05) is 11.8 Å². The maximum atomic E-state index is 12.5. The zero-order chi connectivity index (χ0) is 18.6. The Balaban J connectivity index is 1.50. The van der Waals surface area contributed by atoms with E-state index in [1.807, 2.05) is 0 Å². The van der Waals surface area contributed by atoms with Gasteiger partial charge in [-0.3, -0.25) is 4.79 Å². The summed E-state index contributed by atoms with van der Waals surface area (Å²) < 4.78 is 44.7. The first-order valence-corrected chi connectivity index (χ1v) is 8.88. The second kappa shape index (κ2) is 8.04. The van der Waals surface area contributed by atoms with Crippen LogP contribution in [-0.2, 0) is 22.3 Å².